The molecule has 3 heterocycles. The molecule has 1 N–H and O–H groups in total. The molecule has 170 valence electrons. The van der Waals surface area contributed by atoms with Crippen LogP contribution in [0.2, 0.25) is 0 Å². The molecular formula is C27H31N5O. The second kappa shape index (κ2) is 9.71. The first-order valence-electron chi connectivity index (χ1n) is 11.9. The van der Waals surface area contributed by atoms with Gasteiger partial charge in [-0.2, -0.15) is 0 Å². The first-order valence-corrected chi connectivity index (χ1v) is 11.9. The molecule has 5 rings (SSSR count). The van der Waals surface area contributed by atoms with Gasteiger partial charge in [0.2, 0.25) is 0 Å². The lowest BCUT2D eigenvalue weighted by Crippen LogP contribution is -2.36. The maximum absolute atomic E-state index is 12.9. The zero-order valence-electron chi connectivity index (χ0n) is 19.2. The highest BCUT2D eigenvalue weighted by atomic mass is 16.1. The van der Waals surface area contributed by atoms with E-state index in [9.17, 15) is 4.79 Å². The van der Waals surface area contributed by atoms with Crippen LogP contribution in [0.1, 0.15) is 43.2 Å². The van der Waals surface area contributed by atoms with Crippen molar-refractivity contribution in [1.29, 1.82) is 0 Å². The van der Waals surface area contributed by atoms with E-state index < -0.39 is 0 Å². The number of hydrogen-bond acceptors (Lipinski definition) is 4. The first-order chi connectivity index (χ1) is 16.2. The van der Waals surface area contributed by atoms with Gasteiger partial charge < -0.3 is 9.88 Å². The fraction of sp³-hybridized carbons (Fsp3) is 0.370. The van der Waals surface area contributed by atoms with Gasteiger partial charge in [0, 0.05) is 42.2 Å². The number of likely N-dealkylation sites (tertiary alicyclic amines) is 1. The molecule has 6 heteroatoms. The van der Waals surface area contributed by atoms with Crippen LogP contribution in [0.15, 0.2) is 67.4 Å². The van der Waals surface area contributed by atoms with Gasteiger partial charge in [-0.1, -0.05) is 37.3 Å². The number of rotatable bonds is 8. The van der Waals surface area contributed by atoms with E-state index in [2.05, 4.69) is 63.4 Å². The third-order valence-corrected chi connectivity index (χ3v) is 6.98. The van der Waals surface area contributed by atoms with Crippen molar-refractivity contribution in [2.45, 2.75) is 38.5 Å². The van der Waals surface area contributed by atoms with Crippen molar-refractivity contribution in [2.24, 2.45) is 5.92 Å². The van der Waals surface area contributed by atoms with Gasteiger partial charge in [0.15, 0.2) is 0 Å². The van der Waals surface area contributed by atoms with Crippen molar-refractivity contribution in [2.75, 3.05) is 19.6 Å². The normalized spacial score (nSPS) is 16.3. The predicted molar refractivity (Wildman–Crippen MR) is 131 cm³/mol. The van der Waals surface area contributed by atoms with Gasteiger partial charge in [-0.15, -0.1) is 10.2 Å². The van der Waals surface area contributed by atoms with E-state index in [0.717, 1.165) is 54.6 Å². The quantitative estimate of drug-likeness (QED) is 0.428. The molecular weight excluding hydrogens is 410 g/mol. The fourth-order valence-corrected chi connectivity index (χ4v) is 5.06. The summed E-state index contributed by atoms with van der Waals surface area (Å²) in [7, 11) is 0. The summed E-state index contributed by atoms with van der Waals surface area (Å²) in [6.07, 6.45) is 8.73. The van der Waals surface area contributed by atoms with E-state index in [-0.39, 0.29) is 0 Å². The summed E-state index contributed by atoms with van der Waals surface area (Å²) in [6, 6.07) is 16.9. The van der Waals surface area contributed by atoms with E-state index in [4.69, 9.17) is 0 Å². The maximum atomic E-state index is 12.9. The smallest absolute Gasteiger partial charge is 0.137 e. The molecule has 33 heavy (non-hydrogen) atoms. The average molecular weight is 442 g/mol. The summed E-state index contributed by atoms with van der Waals surface area (Å²) < 4.78 is 1.88. The van der Waals surface area contributed by atoms with Gasteiger partial charge in [-0.3, -0.25) is 9.36 Å². The van der Waals surface area contributed by atoms with E-state index in [1.807, 2.05) is 22.9 Å². The molecule has 0 bridgehead atoms. The monoisotopic (exact) mass is 441 g/mol. The van der Waals surface area contributed by atoms with Gasteiger partial charge in [0.1, 0.15) is 18.4 Å². The maximum Gasteiger partial charge on any atom is 0.137 e. The van der Waals surface area contributed by atoms with Crippen molar-refractivity contribution < 1.29 is 4.79 Å². The SMILES string of the molecule is CC(CN1CCC(CC(=O)Cc2c[nH]c3ccc(-n4cnnc4)cc23)CC1)c1ccccc1. The zero-order valence-corrected chi connectivity index (χ0v) is 19.2. The van der Waals surface area contributed by atoms with Gasteiger partial charge in [-0.05, 0) is 67.1 Å². The lowest BCUT2D eigenvalue weighted by atomic mass is 9.89. The Bertz CT molecular complexity index is 1190. The van der Waals surface area contributed by atoms with Crippen LogP contribution in [-0.2, 0) is 11.2 Å². The fourth-order valence-electron chi connectivity index (χ4n) is 5.06. The molecule has 0 radical (unpaired) electrons. The average Bonchev–Trinajstić information content (AvgIpc) is 3.51. The van der Waals surface area contributed by atoms with Gasteiger partial charge in [0.05, 0.1) is 0 Å². The topological polar surface area (TPSA) is 66.8 Å². The molecule has 0 amide bonds. The first kappa shape index (κ1) is 21.6. The Balaban J connectivity index is 1.14. The Labute approximate surface area is 194 Å². The van der Waals surface area contributed by atoms with Crippen molar-refractivity contribution in [3.8, 4) is 5.69 Å². The summed E-state index contributed by atoms with van der Waals surface area (Å²) >= 11 is 0. The molecule has 1 aliphatic rings. The van der Waals surface area contributed by atoms with Gasteiger partial charge >= 0.3 is 0 Å². The van der Waals surface area contributed by atoms with E-state index >= 15 is 0 Å². The Morgan fingerprint density at radius 3 is 2.61 bits per heavy atom. The number of H-pyrrole nitrogens is 1. The number of fused-ring (bicyclic) bond motifs is 1. The van der Waals surface area contributed by atoms with Crippen LogP contribution in [-0.4, -0.2) is 50.1 Å². The van der Waals surface area contributed by atoms with Crippen molar-refractivity contribution in [1.82, 2.24) is 24.6 Å². The minimum atomic E-state index is 0.335. The van der Waals surface area contributed by atoms with Crippen LogP contribution in [0.3, 0.4) is 0 Å². The lowest BCUT2D eigenvalue weighted by molar-refractivity contribution is -0.119. The van der Waals surface area contributed by atoms with Crippen LogP contribution < -0.4 is 0 Å². The highest BCUT2D eigenvalue weighted by molar-refractivity contribution is 5.90. The third-order valence-electron chi connectivity index (χ3n) is 6.98. The number of carbonyl (C=O) groups excluding carboxylic acids is 1. The molecule has 0 saturated carbocycles. The number of Topliss-reactive ketones (excluding diaryl/α,β-unsaturated/α-hetero) is 1. The van der Waals surface area contributed by atoms with Crippen LogP contribution in [0.4, 0.5) is 0 Å². The number of benzene rings is 2. The molecule has 2 aromatic heterocycles. The standard InChI is InChI=1S/C27H31N5O/c1-20(22-5-3-2-4-6-22)17-31-11-9-21(10-12-31)13-25(33)14-23-16-28-27-8-7-24(15-26(23)27)32-18-29-30-19-32/h2-8,15-16,18-21,28H,9-14,17H2,1H3. The van der Waals surface area contributed by atoms with E-state index in [1.54, 1.807) is 12.7 Å². The molecule has 6 nitrogen and oxygen atoms in total. The number of carbonyl (C=O) groups is 1. The second-order valence-electron chi connectivity index (χ2n) is 9.39. The second-order valence-corrected chi connectivity index (χ2v) is 9.39. The third kappa shape index (κ3) is 5.06. The molecule has 0 aliphatic carbocycles. The van der Waals surface area contributed by atoms with Gasteiger partial charge in [0.25, 0.3) is 0 Å². The van der Waals surface area contributed by atoms with Crippen molar-refractivity contribution in [3.63, 3.8) is 0 Å². The summed E-state index contributed by atoms with van der Waals surface area (Å²) in [5, 5.41) is 8.87. The predicted octanol–water partition coefficient (Wildman–Crippen LogP) is 4.77. The van der Waals surface area contributed by atoms with Crippen LogP contribution in [0.5, 0.6) is 0 Å². The van der Waals surface area contributed by atoms with Crippen molar-refractivity contribution >= 4 is 16.7 Å². The molecule has 1 unspecified atom stereocenters. The number of hydrogen-bond donors (Lipinski definition) is 1. The summed E-state index contributed by atoms with van der Waals surface area (Å²) in [6.45, 7) is 5.57. The highest BCUT2D eigenvalue weighted by Crippen LogP contribution is 2.26. The Morgan fingerprint density at radius 2 is 1.85 bits per heavy atom. The molecule has 4 aromatic rings. The lowest BCUT2D eigenvalue weighted by Gasteiger charge is -2.33. The number of ketones is 1. The molecule has 1 aliphatic heterocycles. The number of piperidine rings is 1. The number of nitrogens with one attached hydrogen (secondary N) is 1. The minimum Gasteiger partial charge on any atom is -0.361 e. The largest absolute Gasteiger partial charge is 0.361 e. The van der Waals surface area contributed by atoms with Crippen LogP contribution >= 0.6 is 0 Å². The molecule has 1 atom stereocenters. The number of aromatic nitrogens is 4. The van der Waals surface area contributed by atoms with E-state index in [0.29, 0.717) is 30.5 Å². The van der Waals surface area contributed by atoms with Crippen LogP contribution in [0.25, 0.3) is 16.6 Å². The summed E-state index contributed by atoms with van der Waals surface area (Å²) in [4.78, 5) is 18.8. The Kier molecular flexibility index (Phi) is 6.35. The highest BCUT2D eigenvalue weighted by Gasteiger charge is 2.23. The van der Waals surface area contributed by atoms with Gasteiger partial charge in [-0.25, -0.2) is 0 Å². The molecule has 0 spiro atoms. The molecule has 1 saturated heterocycles. The van der Waals surface area contributed by atoms with Crippen molar-refractivity contribution in [3.05, 3.63) is 78.5 Å². The summed E-state index contributed by atoms with van der Waals surface area (Å²) in [5.41, 5.74) is 4.52. The van der Waals surface area contributed by atoms with Crippen LogP contribution in [0, 0.1) is 5.92 Å². The van der Waals surface area contributed by atoms with E-state index in [1.165, 1.54) is 5.56 Å². The number of aromatic amines is 1. The zero-order chi connectivity index (χ0) is 22.6. The summed E-state index contributed by atoms with van der Waals surface area (Å²) in [5.74, 6) is 1.37. The minimum absolute atomic E-state index is 0.335. The molecule has 2 aromatic carbocycles. The Hall–Kier alpha value is -3.25. The Morgan fingerprint density at radius 1 is 1.09 bits per heavy atom. The number of nitrogens with zero attached hydrogens (tertiary/aromatic N) is 4. The molecule has 1 fully saturated rings.